The Hall–Kier alpha value is -0.820. The van der Waals surface area contributed by atoms with Gasteiger partial charge >= 0.3 is 0 Å². The van der Waals surface area contributed by atoms with Crippen LogP contribution in [0.15, 0.2) is 23.2 Å². The molecule has 1 aromatic rings. The lowest BCUT2D eigenvalue weighted by atomic mass is 10.0. The molecule has 0 spiro atoms. The number of aliphatic hydroxyl groups is 1. The minimum Gasteiger partial charge on any atom is -0.388 e. The first kappa shape index (κ1) is 21.2. The standard InChI is InChI=1S/C19H31N3O.HI/c1-4-20-18(22-14-19(23)8-5-6-9-19)21-10-7-17-12-15(2)11-16(3)13-17;/h11-13,23H,4-10,14H2,1-3H3,(H2,20,21,22);1H. The molecule has 0 saturated heterocycles. The van der Waals surface area contributed by atoms with E-state index in [4.69, 9.17) is 0 Å². The van der Waals surface area contributed by atoms with Crippen molar-refractivity contribution in [3.63, 3.8) is 0 Å². The van der Waals surface area contributed by atoms with Gasteiger partial charge in [0.05, 0.1) is 12.1 Å². The van der Waals surface area contributed by atoms with E-state index in [2.05, 4.69) is 54.6 Å². The zero-order valence-corrected chi connectivity index (χ0v) is 17.5. The van der Waals surface area contributed by atoms with E-state index in [1.54, 1.807) is 0 Å². The summed E-state index contributed by atoms with van der Waals surface area (Å²) in [6, 6.07) is 6.67. The van der Waals surface area contributed by atoms with Crippen LogP contribution >= 0.6 is 24.0 Å². The van der Waals surface area contributed by atoms with E-state index in [1.807, 2.05) is 0 Å². The quantitative estimate of drug-likeness (QED) is 0.358. The summed E-state index contributed by atoms with van der Waals surface area (Å²) in [5, 5.41) is 17.0. The highest BCUT2D eigenvalue weighted by Gasteiger charge is 2.30. The predicted octanol–water partition coefficient (Wildman–Crippen LogP) is 3.32. The van der Waals surface area contributed by atoms with E-state index in [9.17, 15) is 5.11 Å². The van der Waals surface area contributed by atoms with E-state index in [1.165, 1.54) is 16.7 Å². The number of halogens is 1. The van der Waals surface area contributed by atoms with Crippen LogP contribution in [0.4, 0.5) is 0 Å². The van der Waals surface area contributed by atoms with Gasteiger partial charge in [0.1, 0.15) is 0 Å². The van der Waals surface area contributed by atoms with E-state index in [-0.39, 0.29) is 24.0 Å². The molecule has 1 aliphatic carbocycles. The number of benzene rings is 1. The summed E-state index contributed by atoms with van der Waals surface area (Å²) in [5.41, 5.74) is 3.38. The Kier molecular flexibility index (Phi) is 9.05. The largest absolute Gasteiger partial charge is 0.388 e. The van der Waals surface area contributed by atoms with Gasteiger partial charge in [-0.05, 0) is 45.6 Å². The zero-order chi connectivity index (χ0) is 16.7. The number of rotatable bonds is 6. The van der Waals surface area contributed by atoms with Crippen molar-refractivity contribution < 1.29 is 5.11 Å². The van der Waals surface area contributed by atoms with Gasteiger partial charge < -0.3 is 15.7 Å². The van der Waals surface area contributed by atoms with Crippen LogP contribution in [0.2, 0.25) is 0 Å². The number of guanidine groups is 1. The van der Waals surface area contributed by atoms with Crippen LogP contribution in [0, 0.1) is 13.8 Å². The molecule has 0 heterocycles. The first-order chi connectivity index (χ1) is 11.0. The molecule has 1 fully saturated rings. The Balaban J connectivity index is 0.00000288. The first-order valence-corrected chi connectivity index (χ1v) is 8.82. The van der Waals surface area contributed by atoms with Crippen LogP contribution in [-0.4, -0.2) is 36.3 Å². The van der Waals surface area contributed by atoms with E-state index < -0.39 is 5.60 Å². The topological polar surface area (TPSA) is 56.7 Å². The van der Waals surface area contributed by atoms with Crippen LogP contribution in [0.1, 0.15) is 49.3 Å². The maximum Gasteiger partial charge on any atom is 0.191 e. The number of nitrogens with zero attached hydrogens (tertiary/aromatic N) is 1. The maximum absolute atomic E-state index is 10.4. The summed E-state index contributed by atoms with van der Waals surface area (Å²) in [4.78, 5) is 4.58. The highest BCUT2D eigenvalue weighted by atomic mass is 127. The lowest BCUT2D eigenvalue weighted by Gasteiger charge is -2.20. The minimum absolute atomic E-state index is 0. The van der Waals surface area contributed by atoms with Gasteiger partial charge in [-0.15, -0.1) is 24.0 Å². The van der Waals surface area contributed by atoms with Crippen molar-refractivity contribution in [3.05, 3.63) is 34.9 Å². The monoisotopic (exact) mass is 445 g/mol. The third-order valence-corrected chi connectivity index (χ3v) is 4.40. The van der Waals surface area contributed by atoms with Crippen LogP contribution < -0.4 is 10.6 Å². The van der Waals surface area contributed by atoms with Gasteiger partial charge in [-0.1, -0.05) is 42.2 Å². The molecule has 5 heteroatoms. The predicted molar refractivity (Wildman–Crippen MR) is 112 cm³/mol. The fraction of sp³-hybridized carbons (Fsp3) is 0.632. The Morgan fingerprint density at radius 3 is 2.33 bits per heavy atom. The SMILES string of the molecule is CCNC(=NCC1(O)CCCC1)NCCc1cc(C)cc(C)c1.I. The van der Waals surface area contributed by atoms with Crippen molar-refractivity contribution >= 4 is 29.9 Å². The highest BCUT2D eigenvalue weighted by molar-refractivity contribution is 14.0. The van der Waals surface area contributed by atoms with Crippen molar-refractivity contribution in [1.29, 1.82) is 0 Å². The summed E-state index contributed by atoms with van der Waals surface area (Å²) in [6.45, 7) is 8.49. The highest BCUT2D eigenvalue weighted by Crippen LogP contribution is 2.29. The lowest BCUT2D eigenvalue weighted by Crippen LogP contribution is -2.40. The van der Waals surface area contributed by atoms with Gasteiger partial charge in [-0.3, -0.25) is 4.99 Å². The molecule has 136 valence electrons. The fourth-order valence-electron chi connectivity index (χ4n) is 3.30. The molecule has 1 aliphatic rings. The Labute approximate surface area is 163 Å². The molecule has 1 saturated carbocycles. The molecule has 0 bridgehead atoms. The van der Waals surface area contributed by atoms with Gasteiger partial charge in [0, 0.05) is 13.1 Å². The summed E-state index contributed by atoms with van der Waals surface area (Å²) < 4.78 is 0. The number of hydrogen-bond donors (Lipinski definition) is 3. The van der Waals surface area contributed by atoms with Gasteiger partial charge in [0.2, 0.25) is 0 Å². The van der Waals surface area contributed by atoms with E-state index in [0.717, 1.165) is 51.2 Å². The van der Waals surface area contributed by atoms with Gasteiger partial charge in [-0.2, -0.15) is 0 Å². The summed E-state index contributed by atoms with van der Waals surface area (Å²) in [7, 11) is 0. The normalized spacial score (nSPS) is 16.6. The lowest BCUT2D eigenvalue weighted by molar-refractivity contribution is 0.0574. The second-order valence-corrected chi connectivity index (χ2v) is 6.80. The number of nitrogens with one attached hydrogen (secondary N) is 2. The molecular formula is C19H32IN3O. The van der Waals surface area contributed by atoms with Crippen molar-refractivity contribution in [2.45, 2.75) is 58.5 Å². The molecule has 3 N–H and O–H groups in total. The molecular weight excluding hydrogens is 413 g/mol. The average Bonchev–Trinajstić information content (AvgIpc) is 2.91. The Morgan fingerprint density at radius 1 is 1.12 bits per heavy atom. The fourth-order valence-corrected chi connectivity index (χ4v) is 3.30. The molecule has 0 aromatic heterocycles. The second-order valence-electron chi connectivity index (χ2n) is 6.80. The molecule has 0 atom stereocenters. The van der Waals surface area contributed by atoms with Crippen LogP contribution in [-0.2, 0) is 6.42 Å². The molecule has 24 heavy (non-hydrogen) atoms. The van der Waals surface area contributed by atoms with Gasteiger partial charge in [0.15, 0.2) is 5.96 Å². The van der Waals surface area contributed by atoms with Crippen molar-refractivity contribution in [1.82, 2.24) is 10.6 Å². The zero-order valence-electron chi connectivity index (χ0n) is 15.2. The summed E-state index contributed by atoms with van der Waals surface area (Å²) in [6.07, 6.45) is 4.94. The van der Waals surface area contributed by atoms with Crippen LogP contribution in [0.5, 0.6) is 0 Å². The average molecular weight is 445 g/mol. The van der Waals surface area contributed by atoms with Gasteiger partial charge in [0.25, 0.3) is 0 Å². The smallest absolute Gasteiger partial charge is 0.191 e. The molecule has 0 radical (unpaired) electrons. The van der Waals surface area contributed by atoms with Gasteiger partial charge in [-0.25, -0.2) is 0 Å². The third kappa shape index (κ3) is 6.97. The third-order valence-electron chi connectivity index (χ3n) is 4.40. The molecule has 1 aromatic carbocycles. The minimum atomic E-state index is -0.587. The summed E-state index contributed by atoms with van der Waals surface area (Å²) >= 11 is 0. The number of hydrogen-bond acceptors (Lipinski definition) is 2. The second kappa shape index (κ2) is 10.2. The molecule has 0 unspecified atom stereocenters. The Morgan fingerprint density at radius 2 is 1.75 bits per heavy atom. The molecule has 4 nitrogen and oxygen atoms in total. The van der Waals surface area contributed by atoms with Crippen molar-refractivity contribution in [2.24, 2.45) is 4.99 Å². The summed E-state index contributed by atoms with van der Waals surface area (Å²) in [5.74, 6) is 0.803. The van der Waals surface area contributed by atoms with Crippen molar-refractivity contribution in [3.8, 4) is 0 Å². The number of aliphatic imine (C=N–C) groups is 1. The molecule has 0 amide bonds. The Bertz CT molecular complexity index is 519. The van der Waals surface area contributed by atoms with Crippen LogP contribution in [0.3, 0.4) is 0 Å². The van der Waals surface area contributed by atoms with Crippen LogP contribution in [0.25, 0.3) is 0 Å². The van der Waals surface area contributed by atoms with E-state index in [0.29, 0.717) is 6.54 Å². The number of aryl methyl sites for hydroxylation is 2. The maximum atomic E-state index is 10.4. The van der Waals surface area contributed by atoms with Crippen molar-refractivity contribution in [2.75, 3.05) is 19.6 Å². The van der Waals surface area contributed by atoms with E-state index >= 15 is 0 Å². The molecule has 2 rings (SSSR count). The first-order valence-electron chi connectivity index (χ1n) is 8.82. The molecule has 0 aliphatic heterocycles.